The number of hydrogen-bond donors (Lipinski definition) is 2. The first-order valence-corrected chi connectivity index (χ1v) is 7.17. The van der Waals surface area contributed by atoms with Gasteiger partial charge >= 0.3 is 12.1 Å². The molecule has 1 saturated carbocycles. The zero-order valence-corrected chi connectivity index (χ0v) is 12.8. The summed E-state index contributed by atoms with van der Waals surface area (Å²) in [7, 11) is 2.60. The summed E-state index contributed by atoms with van der Waals surface area (Å²) in [5, 5.41) is 11.8. The van der Waals surface area contributed by atoms with E-state index in [2.05, 4.69) is 21.2 Å². The number of rotatable bonds is 6. The maximum absolute atomic E-state index is 11.4. The predicted molar refractivity (Wildman–Crippen MR) is 79.4 cm³/mol. The molecule has 1 rings (SSSR count). The molecular formula is C12H22N6O4. The lowest BCUT2D eigenvalue weighted by Gasteiger charge is -2.29. The van der Waals surface area contributed by atoms with E-state index in [0.29, 0.717) is 24.9 Å². The highest BCUT2D eigenvalue weighted by Crippen LogP contribution is 2.27. The van der Waals surface area contributed by atoms with Crippen LogP contribution in [0.25, 0.3) is 0 Å². The van der Waals surface area contributed by atoms with Gasteiger partial charge in [-0.15, -0.1) is 9.81 Å². The summed E-state index contributed by atoms with van der Waals surface area (Å²) >= 11 is 0. The minimum absolute atomic E-state index is 0.357. The van der Waals surface area contributed by atoms with Gasteiger partial charge in [-0.05, 0) is 37.5 Å². The molecule has 0 spiro atoms. The van der Waals surface area contributed by atoms with E-state index in [1.165, 1.54) is 14.1 Å². The Balaban J connectivity index is 2.21. The van der Waals surface area contributed by atoms with Gasteiger partial charge in [-0.25, -0.2) is 9.59 Å². The molecule has 10 nitrogen and oxygen atoms in total. The number of carbonyl (C=O) groups is 2. The van der Waals surface area contributed by atoms with Crippen LogP contribution in [-0.2, 0) is 0 Å². The third kappa shape index (κ3) is 5.62. The Morgan fingerprint density at radius 3 is 1.45 bits per heavy atom. The van der Waals surface area contributed by atoms with Crippen LogP contribution >= 0.6 is 0 Å². The first-order valence-electron chi connectivity index (χ1n) is 7.17. The molecule has 0 aromatic rings. The van der Waals surface area contributed by atoms with Crippen LogP contribution in [0.2, 0.25) is 0 Å². The van der Waals surface area contributed by atoms with Gasteiger partial charge in [-0.2, -0.15) is 10.0 Å². The largest absolute Gasteiger partial charge is 0.340 e. The van der Waals surface area contributed by atoms with E-state index in [-0.39, 0.29) is 0 Å². The Morgan fingerprint density at radius 2 is 1.18 bits per heavy atom. The molecule has 0 atom stereocenters. The molecule has 0 aliphatic heterocycles. The summed E-state index contributed by atoms with van der Waals surface area (Å²) in [4.78, 5) is 43.1. The first kappa shape index (κ1) is 17.8. The van der Waals surface area contributed by atoms with Crippen molar-refractivity contribution in [3.63, 3.8) is 0 Å². The van der Waals surface area contributed by atoms with Crippen molar-refractivity contribution in [2.75, 3.05) is 27.2 Å². The molecule has 2 N–H and O–H groups in total. The Morgan fingerprint density at radius 1 is 0.864 bits per heavy atom. The van der Waals surface area contributed by atoms with Crippen molar-refractivity contribution >= 4 is 12.1 Å². The maximum Gasteiger partial charge on any atom is 0.340 e. The Kier molecular flexibility index (Phi) is 7.20. The highest BCUT2D eigenvalue weighted by molar-refractivity contribution is 5.73. The fourth-order valence-corrected chi connectivity index (χ4v) is 2.41. The highest BCUT2D eigenvalue weighted by atomic mass is 16.3. The number of nitrogens with zero attached hydrogens (tertiary/aromatic N) is 4. The topological polar surface area (TPSA) is 124 Å². The van der Waals surface area contributed by atoms with Gasteiger partial charge in [0, 0.05) is 27.2 Å². The fourth-order valence-electron chi connectivity index (χ4n) is 2.41. The molecule has 1 aliphatic carbocycles. The second-order valence-electron chi connectivity index (χ2n) is 5.47. The second kappa shape index (κ2) is 8.90. The number of carbonyl (C=O) groups excluding carboxylic acids is 2. The first-order chi connectivity index (χ1) is 10.5. The van der Waals surface area contributed by atoms with Gasteiger partial charge in [-0.1, -0.05) is 0 Å². The Labute approximate surface area is 128 Å². The van der Waals surface area contributed by atoms with Gasteiger partial charge in [0.15, 0.2) is 0 Å². The molecule has 0 unspecified atom stereocenters. The molecule has 124 valence electrons. The molecule has 0 saturated heterocycles. The number of urea groups is 2. The second-order valence-corrected chi connectivity index (χ2v) is 5.47. The SMILES string of the molecule is CN(N=O)C(=O)NCC1CCC(CNC(=O)N(C)N=O)CC1. The van der Waals surface area contributed by atoms with Gasteiger partial charge in [-0.3, -0.25) is 0 Å². The zero-order valence-electron chi connectivity index (χ0n) is 12.8. The van der Waals surface area contributed by atoms with Crippen molar-refractivity contribution < 1.29 is 9.59 Å². The van der Waals surface area contributed by atoms with Crippen LogP contribution in [0.1, 0.15) is 25.7 Å². The van der Waals surface area contributed by atoms with Crippen LogP contribution in [0.3, 0.4) is 0 Å². The van der Waals surface area contributed by atoms with Crippen molar-refractivity contribution in [3.05, 3.63) is 9.81 Å². The quantitative estimate of drug-likeness (QED) is 0.568. The van der Waals surface area contributed by atoms with E-state index in [0.717, 1.165) is 35.7 Å². The third-order valence-electron chi connectivity index (χ3n) is 3.88. The number of amides is 4. The lowest BCUT2D eigenvalue weighted by atomic mass is 9.82. The van der Waals surface area contributed by atoms with Crippen molar-refractivity contribution in [3.8, 4) is 0 Å². The summed E-state index contributed by atoms with van der Waals surface area (Å²) in [5.74, 6) is 0.713. The van der Waals surface area contributed by atoms with Gasteiger partial charge in [0.05, 0.1) is 10.6 Å². The third-order valence-corrected chi connectivity index (χ3v) is 3.88. The highest BCUT2D eigenvalue weighted by Gasteiger charge is 2.23. The zero-order chi connectivity index (χ0) is 16.5. The van der Waals surface area contributed by atoms with E-state index >= 15 is 0 Å². The van der Waals surface area contributed by atoms with Crippen LogP contribution in [0, 0.1) is 21.6 Å². The van der Waals surface area contributed by atoms with Crippen molar-refractivity contribution in [2.24, 2.45) is 22.4 Å². The molecule has 0 aromatic heterocycles. The smallest absolute Gasteiger partial charge is 0.336 e. The molecule has 4 amide bonds. The standard InChI is InChI=1S/C12H22N6O4/c1-17(15-21)11(19)13-7-9-3-5-10(6-4-9)8-14-12(20)18(2)16-22/h9-10H,3-8H2,1-2H3,(H,13,19)(H,14,20). The number of nitrogens with one attached hydrogen (secondary N) is 2. The lowest BCUT2D eigenvalue weighted by molar-refractivity contribution is 0.197. The summed E-state index contributed by atoms with van der Waals surface area (Å²) in [6.45, 7) is 1.02. The Bertz CT molecular complexity index is 372. The molecule has 10 heteroatoms. The fraction of sp³-hybridized carbons (Fsp3) is 0.833. The summed E-state index contributed by atoms with van der Waals surface area (Å²) in [5.41, 5.74) is 0. The molecule has 22 heavy (non-hydrogen) atoms. The molecule has 0 aromatic carbocycles. The van der Waals surface area contributed by atoms with E-state index < -0.39 is 12.1 Å². The van der Waals surface area contributed by atoms with E-state index in [1.54, 1.807) is 0 Å². The van der Waals surface area contributed by atoms with Crippen molar-refractivity contribution in [1.82, 2.24) is 20.7 Å². The van der Waals surface area contributed by atoms with Crippen LogP contribution in [0.4, 0.5) is 9.59 Å². The van der Waals surface area contributed by atoms with Gasteiger partial charge < -0.3 is 10.6 Å². The van der Waals surface area contributed by atoms with Crippen LogP contribution in [0.15, 0.2) is 10.6 Å². The average molecular weight is 314 g/mol. The van der Waals surface area contributed by atoms with Gasteiger partial charge in [0.1, 0.15) is 0 Å². The van der Waals surface area contributed by atoms with E-state index in [9.17, 15) is 19.4 Å². The van der Waals surface area contributed by atoms with Crippen molar-refractivity contribution in [2.45, 2.75) is 25.7 Å². The minimum Gasteiger partial charge on any atom is -0.336 e. The molecule has 1 aliphatic rings. The molecular weight excluding hydrogens is 292 g/mol. The van der Waals surface area contributed by atoms with Gasteiger partial charge in [0.25, 0.3) is 0 Å². The normalized spacial score (nSPS) is 20.6. The maximum atomic E-state index is 11.4. The molecule has 0 radical (unpaired) electrons. The average Bonchev–Trinajstić information content (AvgIpc) is 2.56. The molecule has 0 bridgehead atoms. The number of nitroso groups, excluding NO2 is 2. The van der Waals surface area contributed by atoms with Crippen LogP contribution < -0.4 is 10.6 Å². The summed E-state index contributed by atoms with van der Waals surface area (Å²) in [6, 6.07) is -1.01. The van der Waals surface area contributed by atoms with Gasteiger partial charge in [0.2, 0.25) is 0 Å². The monoisotopic (exact) mass is 314 g/mol. The van der Waals surface area contributed by atoms with Crippen LogP contribution in [-0.4, -0.2) is 49.3 Å². The van der Waals surface area contributed by atoms with Crippen molar-refractivity contribution in [1.29, 1.82) is 0 Å². The van der Waals surface area contributed by atoms with E-state index in [4.69, 9.17) is 0 Å². The number of hydrogen-bond acceptors (Lipinski definition) is 6. The van der Waals surface area contributed by atoms with E-state index in [1.807, 2.05) is 0 Å². The summed E-state index contributed by atoms with van der Waals surface area (Å²) in [6.07, 6.45) is 3.73. The molecule has 0 heterocycles. The lowest BCUT2D eigenvalue weighted by Crippen LogP contribution is -2.39. The van der Waals surface area contributed by atoms with Crippen LogP contribution in [0.5, 0.6) is 0 Å². The summed E-state index contributed by atoms with van der Waals surface area (Å²) < 4.78 is 0. The molecule has 1 fully saturated rings. The Hall–Kier alpha value is -2.26. The minimum atomic E-state index is -0.506. The predicted octanol–water partition coefficient (Wildman–Crippen LogP) is 1.44.